The fourth-order valence-corrected chi connectivity index (χ4v) is 1.87. The average molecular weight is 303 g/mol. The summed E-state index contributed by atoms with van der Waals surface area (Å²) in [4.78, 5) is 16.0. The van der Waals surface area contributed by atoms with Crippen molar-refractivity contribution in [3.05, 3.63) is 22.2 Å². The fraction of sp³-hybridized carbons (Fsp3) is 0.364. The van der Waals surface area contributed by atoms with Crippen molar-refractivity contribution in [3.63, 3.8) is 0 Å². The number of hydroxylamine groups is 1. The van der Waals surface area contributed by atoms with Crippen LogP contribution in [0, 0.1) is 0 Å². The van der Waals surface area contributed by atoms with Gasteiger partial charge in [-0.05, 0) is 12.1 Å². The number of benzene rings is 1. The lowest BCUT2D eigenvalue weighted by molar-refractivity contribution is -0.114. The third-order valence-corrected chi connectivity index (χ3v) is 2.87. The molecule has 1 amide bonds. The molecule has 0 bridgehead atoms. The Morgan fingerprint density at radius 1 is 1.41 bits per heavy atom. The highest BCUT2D eigenvalue weighted by atomic mass is 79.9. The number of carbonyl (C=O) groups excluding carboxylic acids is 1. The minimum Gasteiger partial charge on any atom is -0.495 e. The maximum absolute atomic E-state index is 11.2. The van der Waals surface area contributed by atoms with Gasteiger partial charge in [-0.1, -0.05) is 15.9 Å². The van der Waals surface area contributed by atoms with E-state index in [1.54, 1.807) is 13.2 Å². The van der Waals surface area contributed by atoms with Crippen molar-refractivity contribution in [1.82, 2.24) is 5.48 Å². The Kier molecular flexibility index (Phi) is 5.40. The van der Waals surface area contributed by atoms with Gasteiger partial charge in [0.1, 0.15) is 5.75 Å². The molecule has 0 spiro atoms. The van der Waals surface area contributed by atoms with Gasteiger partial charge in [-0.15, -0.1) is 0 Å². The van der Waals surface area contributed by atoms with E-state index in [0.717, 1.165) is 10.0 Å². The van der Waals surface area contributed by atoms with Crippen LogP contribution in [0.2, 0.25) is 0 Å². The van der Waals surface area contributed by atoms with E-state index in [9.17, 15) is 4.79 Å². The summed E-state index contributed by atoms with van der Waals surface area (Å²) < 4.78 is 6.08. The number of anilines is 1. The minimum absolute atomic E-state index is 0.153. The van der Waals surface area contributed by atoms with E-state index in [1.165, 1.54) is 14.0 Å². The molecule has 6 heteroatoms. The minimum atomic E-state index is -0.153. The molecule has 17 heavy (non-hydrogen) atoms. The van der Waals surface area contributed by atoms with Gasteiger partial charge in [0.15, 0.2) is 0 Å². The topological polar surface area (TPSA) is 59.6 Å². The Hall–Kier alpha value is -1.11. The number of nitrogens with one attached hydrogen (secondary N) is 2. The zero-order chi connectivity index (χ0) is 12.8. The van der Waals surface area contributed by atoms with E-state index in [2.05, 4.69) is 26.7 Å². The van der Waals surface area contributed by atoms with Gasteiger partial charge in [-0.3, -0.25) is 4.79 Å². The Bertz CT molecular complexity index is 410. The van der Waals surface area contributed by atoms with Crippen LogP contribution >= 0.6 is 15.9 Å². The van der Waals surface area contributed by atoms with Crippen LogP contribution in [-0.4, -0.2) is 20.1 Å². The van der Waals surface area contributed by atoms with Crippen LogP contribution in [0.1, 0.15) is 12.5 Å². The largest absolute Gasteiger partial charge is 0.495 e. The monoisotopic (exact) mass is 302 g/mol. The van der Waals surface area contributed by atoms with Crippen molar-refractivity contribution < 1.29 is 14.4 Å². The number of carbonyl (C=O) groups is 1. The molecule has 0 saturated heterocycles. The third kappa shape index (κ3) is 3.69. The lowest BCUT2D eigenvalue weighted by atomic mass is 10.1. The molecule has 0 radical (unpaired) electrons. The van der Waals surface area contributed by atoms with Crippen LogP contribution in [0.5, 0.6) is 5.75 Å². The molecule has 0 aliphatic heterocycles. The molecule has 0 aliphatic rings. The first-order valence-electron chi connectivity index (χ1n) is 4.99. The summed E-state index contributed by atoms with van der Waals surface area (Å²) in [6, 6.07) is 3.64. The predicted octanol–water partition coefficient (Wildman–Crippen LogP) is 2.07. The molecule has 0 unspecified atom stereocenters. The van der Waals surface area contributed by atoms with Gasteiger partial charge in [0.25, 0.3) is 0 Å². The van der Waals surface area contributed by atoms with Crippen molar-refractivity contribution in [2.75, 3.05) is 19.5 Å². The fourth-order valence-electron chi connectivity index (χ4n) is 1.40. The zero-order valence-corrected chi connectivity index (χ0v) is 11.6. The number of hydrogen-bond donors (Lipinski definition) is 2. The van der Waals surface area contributed by atoms with Gasteiger partial charge >= 0.3 is 0 Å². The highest BCUT2D eigenvalue weighted by molar-refractivity contribution is 9.10. The van der Waals surface area contributed by atoms with Gasteiger partial charge in [0, 0.05) is 23.5 Å². The first-order chi connectivity index (χ1) is 8.10. The molecule has 0 heterocycles. The van der Waals surface area contributed by atoms with Crippen molar-refractivity contribution in [1.29, 1.82) is 0 Å². The molecule has 0 saturated carbocycles. The van der Waals surface area contributed by atoms with Gasteiger partial charge < -0.3 is 14.9 Å². The summed E-state index contributed by atoms with van der Waals surface area (Å²) >= 11 is 3.43. The summed E-state index contributed by atoms with van der Waals surface area (Å²) in [6.07, 6.45) is 0. The Labute approximate surface area is 109 Å². The molecule has 0 atom stereocenters. The lowest BCUT2D eigenvalue weighted by Crippen LogP contribution is -2.16. The van der Waals surface area contributed by atoms with E-state index in [4.69, 9.17) is 9.57 Å². The maximum Gasteiger partial charge on any atom is 0.221 e. The lowest BCUT2D eigenvalue weighted by Gasteiger charge is -2.15. The van der Waals surface area contributed by atoms with E-state index in [0.29, 0.717) is 18.0 Å². The molecule has 94 valence electrons. The van der Waals surface area contributed by atoms with Gasteiger partial charge in [0.05, 0.1) is 19.9 Å². The number of methoxy groups -OCH3 is 1. The van der Waals surface area contributed by atoms with Crippen LogP contribution in [0.3, 0.4) is 0 Å². The zero-order valence-electron chi connectivity index (χ0n) is 9.96. The molecule has 5 nitrogen and oxygen atoms in total. The van der Waals surface area contributed by atoms with Gasteiger partial charge in [0.2, 0.25) is 5.91 Å². The Balaban J connectivity index is 3.16. The van der Waals surface area contributed by atoms with Gasteiger partial charge in [-0.25, -0.2) is 0 Å². The SMILES string of the molecule is CONCc1c(Br)ccc(OC)c1NC(C)=O. The normalized spacial score (nSPS) is 10.1. The molecular formula is C11H15BrN2O3. The quantitative estimate of drug-likeness (QED) is 0.818. The summed E-state index contributed by atoms with van der Waals surface area (Å²) in [7, 11) is 3.09. The summed E-state index contributed by atoms with van der Waals surface area (Å²) in [5.41, 5.74) is 4.23. The molecule has 0 aliphatic carbocycles. The van der Waals surface area contributed by atoms with Crippen molar-refractivity contribution >= 4 is 27.5 Å². The van der Waals surface area contributed by atoms with E-state index in [1.807, 2.05) is 6.07 Å². The first kappa shape index (κ1) is 14.0. The highest BCUT2D eigenvalue weighted by Gasteiger charge is 2.13. The molecule has 1 rings (SSSR count). The van der Waals surface area contributed by atoms with E-state index in [-0.39, 0.29) is 5.91 Å². The molecule has 1 aromatic rings. The standard InChI is InChI=1S/C11H15BrN2O3/c1-7(15)14-11-8(6-13-17-3)9(12)4-5-10(11)16-2/h4-5,13H,6H2,1-3H3,(H,14,15). The highest BCUT2D eigenvalue weighted by Crippen LogP contribution is 2.33. The van der Waals surface area contributed by atoms with E-state index >= 15 is 0 Å². The summed E-state index contributed by atoms with van der Waals surface area (Å²) in [5.74, 6) is 0.455. The van der Waals surface area contributed by atoms with Crippen molar-refractivity contribution in [3.8, 4) is 5.75 Å². The van der Waals surface area contributed by atoms with Gasteiger partial charge in [-0.2, -0.15) is 5.48 Å². The van der Waals surface area contributed by atoms with Crippen LogP contribution < -0.4 is 15.5 Å². The van der Waals surface area contributed by atoms with Crippen LogP contribution in [0.15, 0.2) is 16.6 Å². The number of ether oxygens (including phenoxy) is 1. The molecule has 2 N–H and O–H groups in total. The second kappa shape index (κ2) is 6.58. The molecular weight excluding hydrogens is 288 g/mol. The third-order valence-electron chi connectivity index (χ3n) is 2.13. The Morgan fingerprint density at radius 3 is 2.65 bits per heavy atom. The molecule has 0 fully saturated rings. The maximum atomic E-state index is 11.2. The predicted molar refractivity (Wildman–Crippen MR) is 68.8 cm³/mol. The summed E-state index contributed by atoms with van der Waals surface area (Å²) in [6.45, 7) is 1.90. The number of halogens is 1. The van der Waals surface area contributed by atoms with Crippen molar-refractivity contribution in [2.24, 2.45) is 0 Å². The average Bonchev–Trinajstić information content (AvgIpc) is 2.28. The molecule has 0 aromatic heterocycles. The second-order valence-corrected chi connectivity index (χ2v) is 4.16. The number of hydrogen-bond acceptors (Lipinski definition) is 4. The second-order valence-electron chi connectivity index (χ2n) is 3.31. The van der Waals surface area contributed by atoms with Crippen LogP contribution in [0.4, 0.5) is 5.69 Å². The van der Waals surface area contributed by atoms with Crippen LogP contribution in [0.25, 0.3) is 0 Å². The smallest absolute Gasteiger partial charge is 0.221 e. The van der Waals surface area contributed by atoms with Crippen molar-refractivity contribution in [2.45, 2.75) is 13.5 Å². The van der Waals surface area contributed by atoms with Crippen LogP contribution in [-0.2, 0) is 16.2 Å². The first-order valence-corrected chi connectivity index (χ1v) is 5.78. The van der Waals surface area contributed by atoms with E-state index < -0.39 is 0 Å². The Morgan fingerprint density at radius 2 is 2.12 bits per heavy atom. The molecule has 1 aromatic carbocycles. The number of amides is 1. The summed E-state index contributed by atoms with van der Waals surface area (Å²) in [5, 5.41) is 2.75. The number of rotatable bonds is 5.